The molecule has 0 amide bonds. The molecular weight excluding hydrogens is 255 g/mol. The maximum absolute atomic E-state index is 13.1. The van der Waals surface area contributed by atoms with Crippen molar-refractivity contribution in [2.24, 2.45) is 0 Å². The molecule has 0 radical (unpaired) electrons. The number of benzene rings is 1. The van der Waals surface area contributed by atoms with Crippen molar-refractivity contribution < 1.29 is 19.0 Å². The first kappa shape index (κ1) is 11.0. The second kappa shape index (κ2) is 4.41. The van der Waals surface area contributed by atoms with Crippen LogP contribution in [0.15, 0.2) is 16.6 Å². The molecule has 0 saturated carbocycles. The lowest BCUT2D eigenvalue weighted by molar-refractivity contribution is -0.139. The standard InChI is InChI=1S/C9H8BrFO3/c1-14-7(13)4-5-2-3-6(12)9(11)8(5)10/h2-3,12H,4H2,1H3. The molecule has 0 saturated heterocycles. The summed E-state index contributed by atoms with van der Waals surface area (Å²) in [5, 5.41) is 8.99. The molecule has 0 aliphatic rings. The fourth-order valence-electron chi connectivity index (χ4n) is 0.943. The Labute approximate surface area is 88.6 Å². The highest BCUT2D eigenvalue weighted by Gasteiger charge is 2.13. The maximum Gasteiger partial charge on any atom is 0.310 e. The Morgan fingerprint density at radius 1 is 1.64 bits per heavy atom. The summed E-state index contributed by atoms with van der Waals surface area (Å²) in [6.07, 6.45) is -0.0334. The minimum Gasteiger partial charge on any atom is -0.505 e. The lowest BCUT2D eigenvalue weighted by Gasteiger charge is -2.05. The van der Waals surface area contributed by atoms with Gasteiger partial charge >= 0.3 is 5.97 Å². The lowest BCUT2D eigenvalue weighted by atomic mass is 10.1. The van der Waals surface area contributed by atoms with Gasteiger partial charge in [0, 0.05) is 0 Å². The van der Waals surface area contributed by atoms with Crippen LogP contribution in [-0.4, -0.2) is 18.2 Å². The molecule has 1 N–H and O–H groups in total. The van der Waals surface area contributed by atoms with E-state index in [1.54, 1.807) is 0 Å². The summed E-state index contributed by atoms with van der Waals surface area (Å²) in [5.41, 5.74) is 0.437. The van der Waals surface area contributed by atoms with Gasteiger partial charge in [0.05, 0.1) is 18.0 Å². The van der Waals surface area contributed by atoms with Crippen LogP contribution in [0.25, 0.3) is 0 Å². The highest BCUT2D eigenvalue weighted by atomic mass is 79.9. The van der Waals surface area contributed by atoms with Crippen LogP contribution in [-0.2, 0) is 16.0 Å². The number of esters is 1. The quantitative estimate of drug-likeness (QED) is 0.830. The van der Waals surface area contributed by atoms with Crippen molar-refractivity contribution in [3.8, 4) is 5.75 Å². The fourth-order valence-corrected chi connectivity index (χ4v) is 1.42. The molecule has 0 aromatic heterocycles. The fraction of sp³-hybridized carbons (Fsp3) is 0.222. The van der Waals surface area contributed by atoms with Crippen molar-refractivity contribution in [1.29, 1.82) is 0 Å². The Morgan fingerprint density at radius 3 is 2.86 bits per heavy atom. The van der Waals surface area contributed by atoms with E-state index in [9.17, 15) is 9.18 Å². The number of hydrogen-bond acceptors (Lipinski definition) is 3. The highest BCUT2D eigenvalue weighted by molar-refractivity contribution is 9.10. The SMILES string of the molecule is COC(=O)Cc1ccc(O)c(F)c1Br. The van der Waals surface area contributed by atoms with Crippen molar-refractivity contribution in [3.63, 3.8) is 0 Å². The van der Waals surface area contributed by atoms with Crippen molar-refractivity contribution in [2.45, 2.75) is 6.42 Å². The number of carbonyl (C=O) groups excluding carboxylic acids is 1. The van der Waals surface area contributed by atoms with Crippen LogP contribution in [0.1, 0.15) is 5.56 Å². The van der Waals surface area contributed by atoms with Crippen LogP contribution in [0.4, 0.5) is 4.39 Å². The average molecular weight is 263 g/mol. The molecule has 0 unspecified atom stereocenters. The highest BCUT2D eigenvalue weighted by Crippen LogP contribution is 2.27. The Hall–Kier alpha value is -1.10. The second-order valence-electron chi connectivity index (χ2n) is 2.62. The van der Waals surface area contributed by atoms with Gasteiger partial charge < -0.3 is 9.84 Å². The van der Waals surface area contributed by atoms with Crippen LogP contribution >= 0.6 is 15.9 Å². The number of halogens is 2. The van der Waals surface area contributed by atoms with Crippen molar-refractivity contribution in [1.82, 2.24) is 0 Å². The molecule has 76 valence electrons. The van der Waals surface area contributed by atoms with E-state index in [2.05, 4.69) is 20.7 Å². The van der Waals surface area contributed by atoms with E-state index >= 15 is 0 Å². The van der Waals surface area contributed by atoms with E-state index in [4.69, 9.17) is 5.11 Å². The van der Waals surface area contributed by atoms with Gasteiger partial charge in [0.2, 0.25) is 0 Å². The minimum atomic E-state index is -0.772. The molecule has 14 heavy (non-hydrogen) atoms. The molecule has 0 aliphatic carbocycles. The van der Waals surface area contributed by atoms with E-state index in [0.29, 0.717) is 5.56 Å². The smallest absolute Gasteiger partial charge is 0.310 e. The predicted molar refractivity (Wildman–Crippen MR) is 51.5 cm³/mol. The number of ether oxygens (including phenoxy) is 1. The van der Waals surface area contributed by atoms with Crippen molar-refractivity contribution >= 4 is 21.9 Å². The maximum atomic E-state index is 13.1. The van der Waals surface area contributed by atoms with Gasteiger partial charge in [0.1, 0.15) is 0 Å². The Morgan fingerprint density at radius 2 is 2.29 bits per heavy atom. The van der Waals surface area contributed by atoms with Gasteiger partial charge in [-0.3, -0.25) is 4.79 Å². The lowest BCUT2D eigenvalue weighted by Crippen LogP contribution is -2.05. The third-order valence-corrected chi connectivity index (χ3v) is 2.56. The molecule has 0 fully saturated rings. The minimum absolute atomic E-state index is 0.0334. The van der Waals surface area contributed by atoms with Gasteiger partial charge in [0.25, 0.3) is 0 Å². The number of aromatic hydroxyl groups is 1. The number of rotatable bonds is 2. The van der Waals surface area contributed by atoms with Gasteiger partial charge in [-0.05, 0) is 27.6 Å². The molecule has 0 spiro atoms. The summed E-state index contributed by atoms with van der Waals surface area (Å²) in [5.74, 6) is -1.69. The summed E-state index contributed by atoms with van der Waals surface area (Å²) < 4.78 is 17.6. The molecule has 1 rings (SSSR count). The van der Waals surface area contributed by atoms with Crippen molar-refractivity contribution in [3.05, 3.63) is 28.0 Å². The number of methoxy groups -OCH3 is 1. The molecule has 5 heteroatoms. The normalized spacial score (nSPS) is 9.93. The van der Waals surface area contributed by atoms with Crippen LogP contribution < -0.4 is 0 Å². The van der Waals surface area contributed by atoms with E-state index in [-0.39, 0.29) is 10.9 Å². The largest absolute Gasteiger partial charge is 0.505 e. The third kappa shape index (κ3) is 2.23. The molecule has 3 nitrogen and oxygen atoms in total. The Bertz CT molecular complexity index is 365. The topological polar surface area (TPSA) is 46.5 Å². The zero-order valence-electron chi connectivity index (χ0n) is 7.38. The summed E-state index contributed by atoms with van der Waals surface area (Å²) >= 11 is 2.95. The van der Waals surface area contributed by atoms with Crippen LogP contribution in [0.3, 0.4) is 0 Å². The number of phenolic OH excluding ortho intramolecular Hbond substituents is 1. The Kier molecular flexibility index (Phi) is 3.46. The molecule has 0 atom stereocenters. The Balaban J connectivity index is 3.00. The monoisotopic (exact) mass is 262 g/mol. The predicted octanol–water partition coefficient (Wildman–Crippen LogP) is 2.01. The van der Waals surface area contributed by atoms with Crippen LogP contribution in [0.5, 0.6) is 5.75 Å². The summed E-state index contributed by atoms with van der Waals surface area (Å²) in [7, 11) is 1.26. The number of carbonyl (C=O) groups is 1. The van der Waals surface area contributed by atoms with E-state index in [0.717, 1.165) is 0 Å². The van der Waals surface area contributed by atoms with E-state index in [1.807, 2.05) is 0 Å². The summed E-state index contributed by atoms with van der Waals surface area (Å²) in [4.78, 5) is 10.9. The molecule has 0 heterocycles. The first-order chi connectivity index (χ1) is 6.56. The van der Waals surface area contributed by atoms with Gasteiger partial charge in [-0.25, -0.2) is 4.39 Å². The van der Waals surface area contributed by atoms with Crippen LogP contribution in [0, 0.1) is 5.82 Å². The summed E-state index contributed by atoms with van der Waals surface area (Å²) in [6, 6.07) is 2.65. The van der Waals surface area contributed by atoms with Gasteiger partial charge in [-0.2, -0.15) is 0 Å². The van der Waals surface area contributed by atoms with Gasteiger partial charge in [-0.15, -0.1) is 0 Å². The molecule has 0 aliphatic heterocycles. The first-order valence-electron chi connectivity index (χ1n) is 3.79. The zero-order chi connectivity index (χ0) is 10.7. The molecular formula is C9H8BrFO3. The van der Waals surface area contributed by atoms with Crippen LogP contribution in [0.2, 0.25) is 0 Å². The van der Waals surface area contributed by atoms with E-state index in [1.165, 1.54) is 19.2 Å². The van der Waals surface area contributed by atoms with Gasteiger partial charge in [-0.1, -0.05) is 6.07 Å². The first-order valence-corrected chi connectivity index (χ1v) is 4.58. The van der Waals surface area contributed by atoms with Crippen molar-refractivity contribution in [2.75, 3.05) is 7.11 Å². The average Bonchev–Trinajstić information content (AvgIpc) is 2.19. The van der Waals surface area contributed by atoms with Gasteiger partial charge in [0.15, 0.2) is 11.6 Å². The molecule has 0 bridgehead atoms. The number of phenols is 1. The molecule has 1 aromatic rings. The summed E-state index contributed by atoms with van der Waals surface area (Å²) in [6.45, 7) is 0. The van der Waals surface area contributed by atoms with E-state index < -0.39 is 17.5 Å². The third-order valence-electron chi connectivity index (χ3n) is 1.70. The zero-order valence-corrected chi connectivity index (χ0v) is 8.97. The second-order valence-corrected chi connectivity index (χ2v) is 3.42. The molecule has 1 aromatic carbocycles. The number of hydrogen-bond donors (Lipinski definition) is 1.